The zero-order valence-corrected chi connectivity index (χ0v) is 14.7. The molecular weight excluding hydrogens is 363 g/mol. The van der Waals surface area contributed by atoms with E-state index in [1.54, 1.807) is 24.3 Å². The van der Waals surface area contributed by atoms with Gasteiger partial charge in [-0.15, -0.1) is 0 Å². The van der Waals surface area contributed by atoms with E-state index < -0.39 is 18.7 Å². The van der Waals surface area contributed by atoms with Gasteiger partial charge in [-0.1, -0.05) is 6.07 Å². The predicted molar refractivity (Wildman–Crippen MR) is 95.2 cm³/mol. The van der Waals surface area contributed by atoms with Gasteiger partial charge in [0.1, 0.15) is 5.75 Å². The maximum Gasteiger partial charge on any atom is 0.422 e. The van der Waals surface area contributed by atoms with Crippen LogP contribution in [0.15, 0.2) is 48.5 Å². The topological polar surface area (TPSA) is 56.8 Å². The van der Waals surface area contributed by atoms with E-state index in [9.17, 15) is 18.0 Å². The van der Waals surface area contributed by atoms with Crippen molar-refractivity contribution in [3.8, 4) is 17.2 Å². The molecule has 0 aliphatic heterocycles. The van der Waals surface area contributed by atoms with Crippen LogP contribution in [0.5, 0.6) is 17.2 Å². The lowest BCUT2D eigenvalue weighted by molar-refractivity contribution is -0.153. The second-order valence-corrected chi connectivity index (χ2v) is 5.37. The normalized spacial score (nSPS) is 11.3. The number of carbonyl (C=O) groups excluding carboxylic acids is 1. The van der Waals surface area contributed by atoms with Crippen molar-refractivity contribution in [2.45, 2.75) is 6.18 Å². The first kappa shape index (κ1) is 20.2. The molecule has 2 aromatic carbocycles. The van der Waals surface area contributed by atoms with E-state index in [-0.39, 0.29) is 5.75 Å². The zero-order valence-electron chi connectivity index (χ0n) is 14.7. The number of hydrogen-bond donors (Lipinski definition) is 1. The largest absolute Gasteiger partial charge is 0.493 e. The molecule has 0 atom stereocenters. The van der Waals surface area contributed by atoms with Crippen molar-refractivity contribution < 1.29 is 32.2 Å². The average Bonchev–Trinajstić information content (AvgIpc) is 2.65. The minimum Gasteiger partial charge on any atom is -0.493 e. The summed E-state index contributed by atoms with van der Waals surface area (Å²) in [5, 5.41) is 2.60. The third-order valence-electron chi connectivity index (χ3n) is 3.36. The molecule has 2 aromatic rings. The highest BCUT2D eigenvalue weighted by Crippen LogP contribution is 2.28. The first-order valence-electron chi connectivity index (χ1n) is 7.81. The molecule has 0 aliphatic carbocycles. The molecule has 0 spiro atoms. The molecular formula is C19H18F3NO4. The molecule has 8 heteroatoms. The van der Waals surface area contributed by atoms with Gasteiger partial charge in [0.25, 0.3) is 0 Å². The fraction of sp³-hybridized carbons (Fsp3) is 0.211. The minimum atomic E-state index is -4.40. The summed E-state index contributed by atoms with van der Waals surface area (Å²) in [5.41, 5.74) is 1.16. The molecule has 0 aliphatic rings. The number of halogens is 3. The molecule has 27 heavy (non-hydrogen) atoms. The maximum absolute atomic E-state index is 12.1. The Labute approximate surface area is 154 Å². The summed E-state index contributed by atoms with van der Waals surface area (Å²) in [6.07, 6.45) is -1.48. The Kier molecular flexibility index (Phi) is 6.70. The van der Waals surface area contributed by atoms with E-state index >= 15 is 0 Å². The predicted octanol–water partition coefficient (Wildman–Crippen LogP) is 4.30. The van der Waals surface area contributed by atoms with Crippen LogP contribution in [0.3, 0.4) is 0 Å². The Morgan fingerprint density at radius 3 is 2.30 bits per heavy atom. The molecule has 1 amide bonds. The Morgan fingerprint density at radius 1 is 1.04 bits per heavy atom. The Hall–Kier alpha value is -3.16. The molecule has 0 unspecified atom stereocenters. The number of ether oxygens (including phenoxy) is 3. The number of hydrogen-bond acceptors (Lipinski definition) is 4. The van der Waals surface area contributed by atoms with Crippen molar-refractivity contribution in [1.29, 1.82) is 0 Å². The molecule has 0 heterocycles. The van der Waals surface area contributed by atoms with Crippen LogP contribution in [-0.4, -0.2) is 32.9 Å². The second-order valence-electron chi connectivity index (χ2n) is 5.37. The van der Waals surface area contributed by atoms with Gasteiger partial charge in [0.2, 0.25) is 5.91 Å². The molecule has 0 fully saturated rings. The fourth-order valence-electron chi connectivity index (χ4n) is 2.11. The van der Waals surface area contributed by atoms with Gasteiger partial charge in [-0.25, -0.2) is 0 Å². The molecule has 144 valence electrons. The quantitative estimate of drug-likeness (QED) is 0.727. The van der Waals surface area contributed by atoms with Gasteiger partial charge in [0.05, 0.1) is 14.2 Å². The van der Waals surface area contributed by atoms with Crippen molar-refractivity contribution in [3.05, 3.63) is 54.1 Å². The Bertz CT molecular complexity index is 802. The summed E-state index contributed by atoms with van der Waals surface area (Å²) < 4.78 is 51.2. The number of benzene rings is 2. The molecule has 0 aromatic heterocycles. The first-order valence-corrected chi connectivity index (χ1v) is 7.81. The Balaban J connectivity index is 1.94. The van der Waals surface area contributed by atoms with Crippen LogP contribution in [0.1, 0.15) is 5.56 Å². The monoisotopic (exact) mass is 381 g/mol. The first-order chi connectivity index (χ1) is 12.8. The van der Waals surface area contributed by atoms with Gasteiger partial charge in [-0.3, -0.25) is 4.79 Å². The van der Waals surface area contributed by atoms with Crippen LogP contribution < -0.4 is 19.5 Å². The van der Waals surface area contributed by atoms with E-state index in [1.165, 1.54) is 44.6 Å². The van der Waals surface area contributed by atoms with Crippen molar-refractivity contribution in [1.82, 2.24) is 0 Å². The molecule has 0 saturated heterocycles. The molecule has 0 bridgehead atoms. The smallest absolute Gasteiger partial charge is 0.422 e. The van der Waals surface area contributed by atoms with Gasteiger partial charge >= 0.3 is 6.18 Å². The number of carbonyl (C=O) groups is 1. The molecule has 0 saturated carbocycles. The van der Waals surface area contributed by atoms with Crippen LogP contribution in [-0.2, 0) is 4.79 Å². The molecule has 2 rings (SSSR count). The number of rotatable bonds is 7. The number of methoxy groups -OCH3 is 2. The van der Waals surface area contributed by atoms with Crippen molar-refractivity contribution >= 4 is 17.7 Å². The average molecular weight is 381 g/mol. The summed E-state index contributed by atoms with van der Waals surface area (Å²) >= 11 is 0. The Morgan fingerprint density at radius 2 is 1.70 bits per heavy atom. The van der Waals surface area contributed by atoms with Gasteiger partial charge in [0.15, 0.2) is 18.1 Å². The van der Waals surface area contributed by atoms with E-state index in [4.69, 9.17) is 9.47 Å². The maximum atomic E-state index is 12.1. The number of alkyl halides is 3. The fourth-order valence-corrected chi connectivity index (χ4v) is 2.11. The number of amides is 1. The number of anilines is 1. The summed E-state index contributed by atoms with van der Waals surface area (Å²) in [7, 11) is 3.04. The van der Waals surface area contributed by atoms with E-state index in [2.05, 4.69) is 10.1 Å². The minimum absolute atomic E-state index is 0.0613. The summed E-state index contributed by atoms with van der Waals surface area (Å²) in [6.45, 7) is -1.37. The third-order valence-corrected chi connectivity index (χ3v) is 3.36. The lowest BCUT2D eigenvalue weighted by atomic mass is 10.2. The molecule has 1 N–H and O–H groups in total. The second kappa shape index (κ2) is 8.98. The highest BCUT2D eigenvalue weighted by Gasteiger charge is 2.28. The molecule has 0 radical (unpaired) electrons. The van der Waals surface area contributed by atoms with Crippen molar-refractivity contribution in [2.75, 3.05) is 26.1 Å². The van der Waals surface area contributed by atoms with Gasteiger partial charge < -0.3 is 19.5 Å². The molecule has 5 nitrogen and oxygen atoms in total. The van der Waals surface area contributed by atoms with Crippen LogP contribution >= 0.6 is 0 Å². The van der Waals surface area contributed by atoms with Crippen LogP contribution in [0.4, 0.5) is 18.9 Å². The lowest BCUT2D eigenvalue weighted by Crippen LogP contribution is -2.19. The van der Waals surface area contributed by atoms with Crippen LogP contribution in [0, 0.1) is 0 Å². The van der Waals surface area contributed by atoms with E-state index in [0.29, 0.717) is 17.2 Å². The highest BCUT2D eigenvalue weighted by molar-refractivity contribution is 6.01. The SMILES string of the molecule is COc1ccc(/C=C/C(=O)Nc2ccc(OCC(F)(F)F)cc2)cc1OC. The van der Waals surface area contributed by atoms with Crippen molar-refractivity contribution in [2.24, 2.45) is 0 Å². The zero-order chi connectivity index (χ0) is 19.9. The van der Waals surface area contributed by atoms with Gasteiger partial charge in [0, 0.05) is 11.8 Å². The third kappa shape index (κ3) is 6.58. The van der Waals surface area contributed by atoms with E-state index in [0.717, 1.165) is 5.56 Å². The van der Waals surface area contributed by atoms with E-state index in [1.807, 2.05) is 0 Å². The summed E-state index contributed by atoms with van der Waals surface area (Å²) in [4.78, 5) is 12.0. The number of nitrogens with one attached hydrogen (secondary N) is 1. The van der Waals surface area contributed by atoms with Crippen molar-refractivity contribution in [3.63, 3.8) is 0 Å². The van der Waals surface area contributed by atoms with Gasteiger partial charge in [-0.05, 0) is 48.0 Å². The highest BCUT2D eigenvalue weighted by atomic mass is 19.4. The lowest BCUT2D eigenvalue weighted by Gasteiger charge is -2.09. The van der Waals surface area contributed by atoms with Crippen LogP contribution in [0.2, 0.25) is 0 Å². The van der Waals surface area contributed by atoms with Gasteiger partial charge in [-0.2, -0.15) is 13.2 Å². The standard InChI is InChI=1S/C19H18F3NO4/c1-25-16-9-3-13(11-17(16)26-2)4-10-18(24)23-14-5-7-15(8-6-14)27-12-19(20,21)22/h3-11H,12H2,1-2H3,(H,23,24)/b10-4+. The summed E-state index contributed by atoms with van der Waals surface area (Å²) in [6, 6.07) is 10.8. The van der Waals surface area contributed by atoms with Crippen LogP contribution in [0.25, 0.3) is 6.08 Å². The summed E-state index contributed by atoms with van der Waals surface area (Å²) in [5.74, 6) is 0.779.